The van der Waals surface area contributed by atoms with Gasteiger partial charge in [-0.05, 0) is 47.2 Å². The van der Waals surface area contributed by atoms with Crippen molar-refractivity contribution in [3.8, 4) is 17.1 Å². The molecule has 0 radical (unpaired) electrons. The second-order valence-electron chi connectivity index (χ2n) is 9.10. The quantitative estimate of drug-likeness (QED) is 0.245. The summed E-state index contributed by atoms with van der Waals surface area (Å²) < 4.78 is 1.86. The summed E-state index contributed by atoms with van der Waals surface area (Å²) in [5.74, 6) is 0.800. The zero-order valence-electron chi connectivity index (χ0n) is 20.5. The predicted octanol–water partition coefficient (Wildman–Crippen LogP) is 8.11. The lowest BCUT2D eigenvalue weighted by molar-refractivity contribution is 0.856. The maximum Gasteiger partial charge on any atom is 0.161 e. The monoisotopic (exact) mass is 489 g/mol. The van der Waals surface area contributed by atoms with Crippen LogP contribution in [0.25, 0.3) is 38.6 Å². The smallest absolute Gasteiger partial charge is 0.161 e. The van der Waals surface area contributed by atoms with Crippen LogP contribution in [-0.4, -0.2) is 19.7 Å². The number of anilines is 3. The number of fused-ring (bicyclic) bond motifs is 2. The van der Waals surface area contributed by atoms with E-state index in [1.807, 2.05) is 65.9 Å². The van der Waals surface area contributed by atoms with Crippen LogP contribution in [0.3, 0.4) is 0 Å². The van der Waals surface area contributed by atoms with E-state index in [-0.39, 0.29) is 0 Å². The van der Waals surface area contributed by atoms with Gasteiger partial charge in [-0.1, -0.05) is 78.9 Å². The fourth-order valence-electron chi connectivity index (χ4n) is 5.00. The molecule has 0 atom stereocenters. The summed E-state index contributed by atoms with van der Waals surface area (Å²) in [7, 11) is 0. The fourth-order valence-corrected chi connectivity index (χ4v) is 5.00. The zero-order valence-corrected chi connectivity index (χ0v) is 20.5. The Hall–Kier alpha value is -5.29. The molecule has 3 heterocycles. The third kappa shape index (κ3) is 3.87. The van der Waals surface area contributed by atoms with Gasteiger partial charge in [-0.2, -0.15) is 5.10 Å². The molecule has 0 bridgehead atoms. The molecular weight excluding hydrogens is 466 g/mol. The lowest BCUT2D eigenvalue weighted by Gasteiger charge is -2.25. The molecule has 5 nitrogen and oxygen atoms in total. The molecule has 0 amide bonds. The highest BCUT2D eigenvalue weighted by Gasteiger charge is 2.18. The second kappa shape index (κ2) is 9.30. The highest BCUT2D eigenvalue weighted by molar-refractivity contribution is 5.99. The largest absolute Gasteiger partial charge is 0.307 e. The van der Waals surface area contributed by atoms with Crippen molar-refractivity contribution in [1.82, 2.24) is 19.7 Å². The molecule has 0 N–H and O–H groups in total. The topological polar surface area (TPSA) is 46.8 Å². The molecular formula is C33H23N5. The first-order valence-electron chi connectivity index (χ1n) is 12.5. The highest BCUT2D eigenvalue weighted by Crippen LogP contribution is 2.40. The average Bonchev–Trinajstić information content (AvgIpc) is 3.47. The first kappa shape index (κ1) is 21.9. The van der Waals surface area contributed by atoms with Gasteiger partial charge in [-0.3, -0.25) is 4.98 Å². The number of nitrogens with zero attached hydrogens (tertiary/aromatic N) is 5. The molecule has 0 saturated heterocycles. The van der Waals surface area contributed by atoms with Crippen LogP contribution in [0.1, 0.15) is 0 Å². The van der Waals surface area contributed by atoms with Gasteiger partial charge in [0.1, 0.15) is 0 Å². The molecule has 0 unspecified atom stereocenters. The molecule has 0 saturated carbocycles. The van der Waals surface area contributed by atoms with Gasteiger partial charge in [0.25, 0.3) is 0 Å². The van der Waals surface area contributed by atoms with E-state index >= 15 is 0 Å². The maximum absolute atomic E-state index is 4.77. The minimum absolute atomic E-state index is 0.800. The van der Waals surface area contributed by atoms with Crippen molar-refractivity contribution in [3.63, 3.8) is 0 Å². The molecule has 0 fully saturated rings. The first-order valence-corrected chi connectivity index (χ1v) is 12.5. The molecule has 0 aliphatic rings. The van der Waals surface area contributed by atoms with Gasteiger partial charge in [0.2, 0.25) is 0 Å². The van der Waals surface area contributed by atoms with Crippen LogP contribution in [-0.2, 0) is 0 Å². The van der Waals surface area contributed by atoms with Gasteiger partial charge in [0, 0.05) is 34.4 Å². The van der Waals surface area contributed by atoms with Crippen LogP contribution in [0.4, 0.5) is 17.1 Å². The summed E-state index contributed by atoms with van der Waals surface area (Å²) in [6.45, 7) is 0. The SMILES string of the molecule is c1ccc(-c2cccc(N(c3cnn(-c4nccc5ccccc45)c3)c3cccc4ccccc34)c2)nc1. The summed E-state index contributed by atoms with van der Waals surface area (Å²) in [6.07, 6.45) is 7.60. The van der Waals surface area contributed by atoms with Crippen LogP contribution in [0.5, 0.6) is 0 Å². The van der Waals surface area contributed by atoms with E-state index in [0.717, 1.165) is 50.3 Å². The Morgan fingerprint density at radius 3 is 2.21 bits per heavy atom. The summed E-state index contributed by atoms with van der Waals surface area (Å²) in [4.78, 5) is 11.5. The van der Waals surface area contributed by atoms with Crippen molar-refractivity contribution in [2.75, 3.05) is 4.90 Å². The van der Waals surface area contributed by atoms with E-state index in [9.17, 15) is 0 Å². The van der Waals surface area contributed by atoms with Crippen LogP contribution in [0, 0.1) is 0 Å². The van der Waals surface area contributed by atoms with E-state index in [4.69, 9.17) is 5.10 Å². The maximum atomic E-state index is 4.77. The second-order valence-corrected chi connectivity index (χ2v) is 9.10. The van der Waals surface area contributed by atoms with Crippen LogP contribution in [0.2, 0.25) is 0 Å². The number of aromatic nitrogens is 4. The normalized spacial score (nSPS) is 11.2. The van der Waals surface area contributed by atoms with Gasteiger partial charge < -0.3 is 4.90 Å². The van der Waals surface area contributed by atoms with Gasteiger partial charge in [-0.15, -0.1) is 0 Å². The molecule has 5 heteroatoms. The van der Waals surface area contributed by atoms with Gasteiger partial charge in [-0.25, -0.2) is 9.67 Å². The minimum Gasteiger partial charge on any atom is -0.307 e. The molecule has 7 aromatic rings. The number of hydrogen-bond donors (Lipinski definition) is 0. The summed E-state index contributed by atoms with van der Waals surface area (Å²) >= 11 is 0. The van der Waals surface area contributed by atoms with Crippen molar-refractivity contribution < 1.29 is 0 Å². The third-order valence-corrected chi connectivity index (χ3v) is 6.77. The van der Waals surface area contributed by atoms with E-state index < -0.39 is 0 Å². The molecule has 3 aromatic heterocycles. The zero-order chi connectivity index (χ0) is 25.3. The summed E-state index contributed by atoms with van der Waals surface area (Å²) in [6, 6.07) is 39.6. The summed E-state index contributed by atoms with van der Waals surface area (Å²) in [5.41, 5.74) is 5.02. The molecule has 0 spiro atoms. The van der Waals surface area contributed by atoms with Gasteiger partial charge >= 0.3 is 0 Å². The van der Waals surface area contributed by atoms with E-state index in [1.54, 1.807) is 0 Å². The van der Waals surface area contributed by atoms with Crippen molar-refractivity contribution in [3.05, 3.63) is 140 Å². The Bertz CT molecular complexity index is 1880. The number of hydrogen-bond acceptors (Lipinski definition) is 4. The van der Waals surface area contributed by atoms with E-state index in [1.165, 1.54) is 5.39 Å². The van der Waals surface area contributed by atoms with Crippen molar-refractivity contribution >= 4 is 38.6 Å². The lowest BCUT2D eigenvalue weighted by atomic mass is 10.1. The van der Waals surface area contributed by atoms with Crippen LogP contribution >= 0.6 is 0 Å². The molecule has 38 heavy (non-hydrogen) atoms. The Kier molecular flexibility index (Phi) is 5.37. The third-order valence-electron chi connectivity index (χ3n) is 6.77. The Morgan fingerprint density at radius 2 is 1.34 bits per heavy atom. The van der Waals surface area contributed by atoms with Gasteiger partial charge in [0.05, 0.1) is 29.5 Å². The highest BCUT2D eigenvalue weighted by atomic mass is 15.3. The molecule has 7 rings (SSSR count). The average molecular weight is 490 g/mol. The van der Waals surface area contributed by atoms with Crippen LogP contribution < -0.4 is 4.90 Å². The fraction of sp³-hybridized carbons (Fsp3) is 0. The number of pyridine rings is 2. The predicted molar refractivity (Wildman–Crippen MR) is 154 cm³/mol. The molecule has 180 valence electrons. The molecule has 0 aliphatic carbocycles. The summed E-state index contributed by atoms with van der Waals surface area (Å²) in [5, 5.41) is 9.29. The van der Waals surface area contributed by atoms with E-state index in [0.29, 0.717) is 0 Å². The minimum atomic E-state index is 0.800. The number of benzene rings is 4. The molecule has 4 aromatic carbocycles. The van der Waals surface area contributed by atoms with Gasteiger partial charge in [0.15, 0.2) is 5.82 Å². The van der Waals surface area contributed by atoms with Crippen molar-refractivity contribution in [1.29, 1.82) is 0 Å². The Labute approximate surface area is 220 Å². The molecule has 0 aliphatic heterocycles. The Balaban J connectivity index is 1.42. The standard InChI is InChI=1S/C33H23N5/c1-3-14-29-24(9-1)11-8-17-32(29)38(27-13-7-12-26(21-27)31-16-5-6-19-34-31)28-22-36-37(23-28)33-30-15-4-2-10-25(30)18-20-35-33/h1-23H. The Morgan fingerprint density at radius 1 is 0.579 bits per heavy atom. The van der Waals surface area contributed by atoms with Crippen molar-refractivity contribution in [2.24, 2.45) is 0 Å². The lowest BCUT2D eigenvalue weighted by Crippen LogP contribution is -2.10. The van der Waals surface area contributed by atoms with Crippen LogP contribution in [0.15, 0.2) is 140 Å². The first-order chi connectivity index (χ1) is 18.8. The van der Waals surface area contributed by atoms with E-state index in [2.05, 4.69) is 93.7 Å². The van der Waals surface area contributed by atoms with Crippen molar-refractivity contribution in [2.45, 2.75) is 0 Å². The number of rotatable bonds is 5.